The zero-order valence-corrected chi connectivity index (χ0v) is 19.1. The van der Waals surface area contributed by atoms with Crippen LogP contribution in [0.5, 0.6) is 0 Å². The van der Waals surface area contributed by atoms with E-state index in [2.05, 4.69) is 25.1 Å². The molecule has 4 aliphatic rings. The van der Waals surface area contributed by atoms with Crippen molar-refractivity contribution in [1.29, 1.82) is 0 Å². The summed E-state index contributed by atoms with van der Waals surface area (Å²) in [5.41, 5.74) is 4.64. The maximum Gasteiger partial charge on any atom is 0.338 e. The number of carbonyl (C=O) groups excluding carboxylic acids is 1. The van der Waals surface area contributed by atoms with Gasteiger partial charge in [-0.1, -0.05) is 48.3 Å². The Morgan fingerprint density at radius 3 is 2.52 bits per heavy atom. The van der Waals surface area contributed by atoms with Crippen molar-refractivity contribution < 1.29 is 14.7 Å². The normalized spacial score (nSPS) is 40.5. The van der Waals surface area contributed by atoms with E-state index in [4.69, 9.17) is 4.74 Å². The van der Waals surface area contributed by atoms with Crippen LogP contribution in [0.4, 0.5) is 0 Å². The molecule has 0 bridgehead atoms. The van der Waals surface area contributed by atoms with Gasteiger partial charge in [-0.15, -0.1) is 0 Å². The van der Waals surface area contributed by atoms with Gasteiger partial charge in [-0.2, -0.15) is 0 Å². The first-order valence-electron chi connectivity index (χ1n) is 12.0. The van der Waals surface area contributed by atoms with Gasteiger partial charge in [0.05, 0.1) is 11.3 Å². The Morgan fingerprint density at radius 1 is 1.06 bits per heavy atom. The molecule has 6 atom stereocenters. The van der Waals surface area contributed by atoms with E-state index in [1.54, 1.807) is 0 Å². The van der Waals surface area contributed by atoms with E-state index >= 15 is 0 Å². The third kappa shape index (κ3) is 3.25. The van der Waals surface area contributed by atoms with Crippen LogP contribution in [0, 0.1) is 35.5 Å². The maximum absolute atomic E-state index is 12.6. The van der Waals surface area contributed by atoms with Crippen LogP contribution in [-0.2, 0) is 4.74 Å². The number of hydrogen-bond donors (Lipinski definition) is 1. The summed E-state index contributed by atoms with van der Waals surface area (Å²) < 4.78 is 5.94. The Balaban J connectivity index is 1.32. The first kappa shape index (κ1) is 20.8. The van der Waals surface area contributed by atoms with Gasteiger partial charge in [-0.25, -0.2) is 4.79 Å². The summed E-state index contributed by atoms with van der Waals surface area (Å²) in [6.07, 6.45) is 10.9. The summed E-state index contributed by atoms with van der Waals surface area (Å²) in [5.74, 6) is 1.80. The van der Waals surface area contributed by atoms with Gasteiger partial charge in [0, 0.05) is 11.8 Å². The minimum absolute atomic E-state index is 0.0156. The van der Waals surface area contributed by atoms with E-state index in [9.17, 15) is 10.0 Å². The Bertz CT molecular complexity index is 932. The Hall–Kier alpha value is -2.10. The van der Waals surface area contributed by atoms with E-state index in [1.807, 2.05) is 31.2 Å². The van der Waals surface area contributed by atoms with Gasteiger partial charge in [0.2, 0.25) is 0 Å². The number of allylic oxidation sites excluding steroid dienone is 1. The lowest BCUT2D eigenvalue weighted by atomic mass is 9.48. The number of carbonyl (C=O) groups is 1. The second-order valence-electron chi connectivity index (χ2n) is 10.9. The number of benzene rings is 1. The van der Waals surface area contributed by atoms with Crippen molar-refractivity contribution >= 4 is 11.7 Å². The summed E-state index contributed by atoms with van der Waals surface area (Å²) in [5, 5.41) is 13.2. The number of oxime groups is 1. The molecule has 0 spiro atoms. The van der Waals surface area contributed by atoms with Gasteiger partial charge in [0.15, 0.2) is 0 Å². The Morgan fingerprint density at radius 2 is 1.77 bits per heavy atom. The Labute approximate surface area is 185 Å². The summed E-state index contributed by atoms with van der Waals surface area (Å²) >= 11 is 0. The standard InChI is InChI=1S/C27H35NO3/c1-17-4-6-18(7-5-17)25(29)31-20-12-14-26(2)19(16-20)8-9-21-22-10-11-24(28-30)27(22,3)15-13-23(21)26/h4-8,20-23,30H,9-16H2,1-3H3/b28-24+/t20?,21?,22?,23?,26-,27-/m0/s1. The molecule has 0 aromatic heterocycles. The van der Waals surface area contributed by atoms with Gasteiger partial charge >= 0.3 is 5.97 Å². The molecule has 1 aromatic carbocycles. The summed E-state index contributed by atoms with van der Waals surface area (Å²) in [7, 11) is 0. The molecule has 4 nitrogen and oxygen atoms in total. The molecule has 4 heteroatoms. The van der Waals surface area contributed by atoms with E-state index in [0.29, 0.717) is 23.3 Å². The van der Waals surface area contributed by atoms with Crippen LogP contribution in [0.1, 0.15) is 81.1 Å². The Kier molecular flexibility index (Phi) is 5.02. The lowest BCUT2D eigenvalue weighted by Crippen LogP contribution is -2.50. The van der Waals surface area contributed by atoms with Crippen LogP contribution in [0.3, 0.4) is 0 Å². The van der Waals surface area contributed by atoms with Crippen molar-refractivity contribution in [1.82, 2.24) is 0 Å². The van der Waals surface area contributed by atoms with Crippen molar-refractivity contribution in [3.8, 4) is 0 Å². The largest absolute Gasteiger partial charge is 0.458 e. The second kappa shape index (κ2) is 7.50. The predicted molar refractivity (Wildman–Crippen MR) is 121 cm³/mol. The van der Waals surface area contributed by atoms with Crippen LogP contribution < -0.4 is 0 Å². The molecule has 4 unspecified atom stereocenters. The van der Waals surface area contributed by atoms with Gasteiger partial charge in [0.1, 0.15) is 6.10 Å². The second-order valence-corrected chi connectivity index (χ2v) is 10.9. The molecule has 0 amide bonds. The number of nitrogens with zero attached hydrogens (tertiary/aromatic N) is 1. The quantitative estimate of drug-likeness (QED) is 0.263. The summed E-state index contributed by atoms with van der Waals surface area (Å²) in [6, 6.07) is 7.65. The molecule has 0 saturated heterocycles. The van der Waals surface area contributed by atoms with Gasteiger partial charge in [-0.05, 0) is 87.2 Å². The van der Waals surface area contributed by atoms with E-state index in [-0.39, 0.29) is 22.9 Å². The number of hydrogen-bond acceptors (Lipinski definition) is 4. The first-order valence-corrected chi connectivity index (χ1v) is 12.0. The molecule has 0 aliphatic heterocycles. The van der Waals surface area contributed by atoms with Gasteiger partial charge in [0.25, 0.3) is 0 Å². The first-order chi connectivity index (χ1) is 14.8. The highest BCUT2D eigenvalue weighted by Crippen LogP contribution is 2.64. The summed E-state index contributed by atoms with van der Waals surface area (Å²) in [4.78, 5) is 12.6. The van der Waals surface area contributed by atoms with Crippen molar-refractivity contribution in [3.63, 3.8) is 0 Å². The van der Waals surface area contributed by atoms with E-state index in [1.165, 1.54) is 12.0 Å². The molecule has 1 aromatic rings. The molecule has 0 heterocycles. The van der Waals surface area contributed by atoms with Crippen molar-refractivity contribution in [2.24, 2.45) is 33.7 Å². The van der Waals surface area contributed by atoms with Crippen LogP contribution in [-0.4, -0.2) is 23.0 Å². The molecule has 0 radical (unpaired) electrons. The molecule has 3 fully saturated rings. The molecule has 166 valence electrons. The van der Waals surface area contributed by atoms with E-state index < -0.39 is 0 Å². The molecular formula is C27H35NO3. The summed E-state index contributed by atoms with van der Waals surface area (Å²) in [6.45, 7) is 6.82. The maximum atomic E-state index is 12.6. The van der Waals surface area contributed by atoms with Crippen LogP contribution in [0.15, 0.2) is 41.1 Å². The molecule has 3 saturated carbocycles. The highest BCUT2D eigenvalue weighted by Gasteiger charge is 2.58. The topological polar surface area (TPSA) is 58.9 Å². The zero-order chi connectivity index (χ0) is 21.8. The minimum Gasteiger partial charge on any atom is -0.458 e. The molecule has 31 heavy (non-hydrogen) atoms. The van der Waals surface area contributed by atoms with Crippen molar-refractivity contribution in [3.05, 3.63) is 47.0 Å². The van der Waals surface area contributed by atoms with Crippen LogP contribution in [0.2, 0.25) is 0 Å². The average Bonchev–Trinajstić information content (AvgIpc) is 3.10. The number of aryl methyl sites for hydroxylation is 1. The van der Waals surface area contributed by atoms with Gasteiger partial charge < -0.3 is 9.94 Å². The molecular weight excluding hydrogens is 386 g/mol. The third-order valence-corrected chi connectivity index (χ3v) is 9.48. The monoisotopic (exact) mass is 421 g/mol. The zero-order valence-electron chi connectivity index (χ0n) is 19.1. The number of esters is 1. The van der Waals surface area contributed by atoms with E-state index in [0.717, 1.165) is 56.2 Å². The highest BCUT2D eigenvalue weighted by atomic mass is 16.5. The number of rotatable bonds is 2. The molecule has 4 aliphatic carbocycles. The van der Waals surface area contributed by atoms with Crippen molar-refractivity contribution in [2.75, 3.05) is 0 Å². The minimum atomic E-state index is -0.196. The van der Waals surface area contributed by atoms with Gasteiger partial charge in [-0.3, -0.25) is 0 Å². The smallest absolute Gasteiger partial charge is 0.338 e. The molecule has 5 rings (SSSR count). The lowest BCUT2D eigenvalue weighted by molar-refractivity contribution is -0.0287. The average molecular weight is 422 g/mol. The fourth-order valence-electron chi connectivity index (χ4n) is 7.59. The molecule has 1 N–H and O–H groups in total. The van der Waals surface area contributed by atoms with Crippen LogP contribution in [0.25, 0.3) is 0 Å². The number of fused-ring (bicyclic) bond motifs is 5. The number of ether oxygens (including phenoxy) is 1. The SMILES string of the molecule is Cc1ccc(C(=O)OC2CC[C@@]3(C)C(=CCC4C3CC[C@]3(C)/C(=N/O)CCC43)C2)cc1. The van der Waals surface area contributed by atoms with Crippen molar-refractivity contribution in [2.45, 2.75) is 78.2 Å². The lowest BCUT2D eigenvalue weighted by Gasteiger charge is -2.57. The van der Waals surface area contributed by atoms with Crippen LogP contribution >= 0.6 is 0 Å². The predicted octanol–water partition coefficient (Wildman–Crippen LogP) is 6.31. The highest BCUT2D eigenvalue weighted by molar-refractivity contribution is 5.92. The fraction of sp³-hybridized carbons (Fsp3) is 0.630. The fourth-order valence-corrected chi connectivity index (χ4v) is 7.59. The third-order valence-electron chi connectivity index (χ3n) is 9.48.